The predicted octanol–water partition coefficient (Wildman–Crippen LogP) is 4.43. The van der Waals surface area contributed by atoms with Crippen LogP contribution in [0.25, 0.3) is 0 Å². The van der Waals surface area contributed by atoms with Crippen molar-refractivity contribution in [3.63, 3.8) is 0 Å². The van der Waals surface area contributed by atoms with Crippen LogP contribution in [0.1, 0.15) is 34.5 Å². The molecule has 0 aliphatic rings. The molecular weight excluding hydrogens is 391 g/mol. The molecule has 29 heavy (non-hydrogen) atoms. The number of hydrogen-bond acceptors (Lipinski definition) is 3. The number of carbonyl (C=O) groups excluding carboxylic acids is 1. The van der Waals surface area contributed by atoms with E-state index in [1.54, 1.807) is 43.3 Å². The molecule has 5 nitrogen and oxygen atoms in total. The average molecular weight is 412 g/mol. The number of benzene rings is 3. The highest BCUT2D eigenvalue weighted by Gasteiger charge is 2.18. The number of rotatable bonds is 6. The Balaban J connectivity index is 1.77. The van der Waals surface area contributed by atoms with E-state index >= 15 is 0 Å². The largest absolute Gasteiger partial charge is 0.346 e. The Morgan fingerprint density at radius 1 is 0.966 bits per heavy atom. The highest BCUT2D eigenvalue weighted by Crippen LogP contribution is 2.19. The van der Waals surface area contributed by atoms with Crippen LogP contribution in [0.5, 0.6) is 0 Å². The Kier molecular flexibility index (Phi) is 5.98. The van der Waals surface area contributed by atoms with E-state index in [9.17, 15) is 17.6 Å². The van der Waals surface area contributed by atoms with Gasteiger partial charge in [-0.05, 0) is 67.4 Å². The topological polar surface area (TPSA) is 75.3 Å². The Morgan fingerprint density at radius 3 is 2.34 bits per heavy atom. The number of halogens is 1. The molecule has 3 rings (SSSR count). The summed E-state index contributed by atoms with van der Waals surface area (Å²) in [6, 6.07) is 18.3. The van der Waals surface area contributed by atoms with Crippen LogP contribution in [-0.4, -0.2) is 14.3 Å². The van der Waals surface area contributed by atoms with Crippen LogP contribution in [0, 0.1) is 12.7 Å². The summed E-state index contributed by atoms with van der Waals surface area (Å²) in [5, 5.41) is 2.79. The summed E-state index contributed by atoms with van der Waals surface area (Å²) in [4.78, 5) is 12.6. The Hall–Kier alpha value is -3.19. The molecule has 0 aromatic heterocycles. The molecule has 3 aromatic carbocycles. The van der Waals surface area contributed by atoms with Gasteiger partial charge in [0.25, 0.3) is 15.9 Å². The van der Waals surface area contributed by atoms with E-state index in [0.29, 0.717) is 5.69 Å². The fourth-order valence-corrected chi connectivity index (χ4v) is 3.94. The zero-order valence-corrected chi connectivity index (χ0v) is 16.8. The number of carbonyl (C=O) groups is 1. The lowest BCUT2D eigenvalue weighted by Gasteiger charge is -2.15. The first-order chi connectivity index (χ1) is 13.7. The number of amides is 1. The molecule has 0 aliphatic heterocycles. The third-order valence-corrected chi connectivity index (χ3v) is 5.77. The summed E-state index contributed by atoms with van der Waals surface area (Å²) in [5.41, 5.74) is 2.33. The van der Waals surface area contributed by atoms with Gasteiger partial charge in [-0.3, -0.25) is 9.52 Å². The van der Waals surface area contributed by atoms with Gasteiger partial charge in [0.2, 0.25) is 0 Å². The Labute approximate surface area is 169 Å². The lowest BCUT2D eigenvalue weighted by Crippen LogP contribution is -2.27. The first kappa shape index (κ1) is 20.5. The van der Waals surface area contributed by atoms with Gasteiger partial charge in [-0.25, -0.2) is 12.8 Å². The highest BCUT2D eigenvalue weighted by atomic mass is 32.2. The predicted molar refractivity (Wildman–Crippen MR) is 111 cm³/mol. The summed E-state index contributed by atoms with van der Waals surface area (Å²) in [6.45, 7) is 3.63. The van der Waals surface area contributed by atoms with Crippen molar-refractivity contribution >= 4 is 21.6 Å². The van der Waals surface area contributed by atoms with Crippen LogP contribution < -0.4 is 10.0 Å². The van der Waals surface area contributed by atoms with Crippen molar-refractivity contribution in [1.29, 1.82) is 0 Å². The molecule has 0 saturated carbocycles. The van der Waals surface area contributed by atoms with E-state index in [1.165, 1.54) is 30.3 Å². The van der Waals surface area contributed by atoms with Crippen molar-refractivity contribution < 1.29 is 17.6 Å². The quantitative estimate of drug-likeness (QED) is 0.629. The fraction of sp³-hybridized carbons (Fsp3) is 0.136. The first-order valence-electron chi connectivity index (χ1n) is 9.00. The van der Waals surface area contributed by atoms with Gasteiger partial charge in [-0.1, -0.05) is 30.3 Å². The van der Waals surface area contributed by atoms with Crippen LogP contribution in [0.2, 0.25) is 0 Å². The van der Waals surface area contributed by atoms with Crippen LogP contribution >= 0.6 is 0 Å². The number of aryl methyl sites for hydroxylation is 1. The summed E-state index contributed by atoms with van der Waals surface area (Å²) in [6.07, 6.45) is 0. The van der Waals surface area contributed by atoms with Gasteiger partial charge in [0.05, 0.1) is 10.9 Å². The molecule has 3 aromatic rings. The van der Waals surface area contributed by atoms with Crippen molar-refractivity contribution in [1.82, 2.24) is 5.32 Å². The van der Waals surface area contributed by atoms with Crippen molar-refractivity contribution in [3.8, 4) is 0 Å². The Morgan fingerprint density at radius 2 is 1.66 bits per heavy atom. The van der Waals surface area contributed by atoms with E-state index < -0.39 is 15.9 Å². The van der Waals surface area contributed by atoms with E-state index in [4.69, 9.17) is 0 Å². The molecule has 150 valence electrons. The lowest BCUT2D eigenvalue weighted by atomic mass is 10.1. The number of sulfonamides is 1. The van der Waals surface area contributed by atoms with E-state index in [0.717, 1.165) is 11.1 Å². The minimum absolute atomic E-state index is 0.0129. The molecule has 0 radical (unpaired) electrons. The van der Waals surface area contributed by atoms with Crippen molar-refractivity contribution in [2.45, 2.75) is 24.8 Å². The standard InChI is InChI=1S/C22H21FN2O3S/c1-15-5-3-7-20(13-15)25-29(27,28)21-8-4-6-18(14-21)22(26)24-16(2)17-9-11-19(23)12-10-17/h3-14,16,25H,1-2H3,(H,24,26)/t16-/m0/s1. The zero-order chi connectivity index (χ0) is 21.0. The van der Waals surface area contributed by atoms with Crippen LogP contribution in [-0.2, 0) is 10.0 Å². The highest BCUT2D eigenvalue weighted by molar-refractivity contribution is 7.92. The number of anilines is 1. The second-order valence-corrected chi connectivity index (χ2v) is 8.43. The molecule has 7 heteroatoms. The summed E-state index contributed by atoms with van der Waals surface area (Å²) < 4.78 is 41.0. The number of hydrogen-bond donors (Lipinski definition) is 2. The third-order valence-electron chi connectivity index (χ3n) is 4.39. The number of nitrogens with one attached hydrogen (secondary N) is 2. The molecule has 0 fully saturated rings. The smallest absolute Gasteiger partial charge is 0.261 e. The molecular formula is C22H21FN2O3S. The SMILES string of the molecule is Cc1cccc(NS(=O)(=O)c2cccc(C(=O)N[C@@H](C)c3ccc(F)cc3)c2)c1. The van der Waals surface area contributed by atoms with Gasteiger partial charge in [0, 0.05) is 11.3 Å². The molecule has 0 unspecified atom stereocenters. The van der Waals surface area contributed by atoms with Gasteiger partial charge in [0.15, 0.2) is 0 Å². The van der Waals surface area contributed by atoms with Crippen molar-refractivity contribution in [3.05, 3.63) is 95.3 Å². The molecule has 1 atom stereocenters. The molecule has 2 N–H and O–H groups in total. The summed E-state index contributed by atoms with van der Waals surface area (Å²) >= 11 is 0. The maximum Gasteiger partial charge on any atom is 0.261 e. The van der Waals surface area contributed by atoms with Crippen molar-refractivity contribution in [2.75, 3.05) is 4.72 Å². The van der Waals surface area contributed by atoms with Gasteiger partial charge >= 0.3 is 0 Å². The average Bonchev–Trinajstić information content (AvgIpc) is 2.68. The lowest BCUT2D eigenvalue weighted by molar-refractivity contribution is 0.0939. The maximum absolute atomic E-state index is 13.1. The second kappa shape index (κ2) is 8.45. The normalized spacial score (nSPS) is 12.2. The van der Waals surface area contributed by atoms with E-state index in [1.807, 2.05) is 13.0 Å². The van der Waals surface area contributed by atoms with Gasteiger partial charge in [0.1, 0.15) is 5.82 Å². The summed E-state index contributed by atoms with van der Waals surface area (Å²) in [5.74, 6) is -0.777. The molecule has 1 amide bonds. The minimum Gasteiger partial charge on any atom is -0.346 e. The van der Waals surface area contributed by atoms with Gasteiger partial charge in [-0.2, -0.15) is 0 Å². The van der Waals surface area contributed by atoms with Crippen LogP contribution in [0.3, 0.4) is 0 Å². The minimum atomic E-state index is -3.84. The molecule has 0 heterocycles. The Bertz CT molecular complexity index is 1130. The molecule has 0 bridgehead atoms. The van der Waals surface area contributed by atoms with Crippen molar-refractivity contribution in [2.24, 2.45) is 0 Å². The first-order valence-corrected chi connectivity index (χ1v) is 10.5. The van der Waals surface area contributed by atoms with Gasteiger partial charge in [-0.15, -0.1) is 0 Å². The van der Waals surface area contributed by atoms with E-state index in [-0.39, 0.29) is 22.3 Å². The van der Waals surface area contributed by atoms with Crippen LogP contribution in [0.4, 0.5) is 10.1 Å². The third kappa shape index (κ3) is 5.20. The van der Waals surface area contributed by atoms with Gasteiger partial charge < -0.3 is 5.32 Å². The monoisotopic (exact) mass is 412 g/mol. The van der Waals surface area contributed by atoms with E-state index in [2.05, 4.69) is 10.0 Å². The second-order valence-electron chi connectivity index (χ2n) is 6.75. The summed E-state index contributed by atoms with van der Waals surface area (Å²) in [7, 11) is -3.84. The fourth-order valence-electron chi connectivity index (χ4n) is 2.84. The zero-order valence-electron chi connectivity index (χ0n) is 16.0. The molecule has 0 saturated heterocycles. The maximum atomic E-state index is 13.1. The van der Waals surface area contributed by atoms with Crippen LogP contribution in [0.15, 0.2) is 77.7 Å². The molecule has 0 spiro atoms. The molecule has 0 aliphatic carbocycles.